The van der Waals surface area contributed by atoms with Crippen LogP contribution in [0.3, 0.4) is 0 Å². The number of halogens is 1. The number of nitrogens with zero attached hydrogens (tertiary/aromatic N) is 2. The van der Waals surface area contributed by atoms with Gasteiger partial charge in [0, 0.05) is 42.8 Å². The van der Waals surface area contributed by atoms with E-state index in [0.717, 1.165) is 18.4 Å². The number of fused-ring (bicyclic) bond motifs is 1. The standard InChI is InChI=1S/C23H25FN3O3S/c1-16-2-6-18(7-3-16)31(29,30)27(12-9-25-10-13-27)22-15-21-19(14-20(22)24)23(28)8-11-26(21)17-4-5-17/h2-3,6-8,11,14-15,17,25H,4-5,9-10,12-13H2,1H3/q+1. The first-order valence-corrected chi connectivity index (χ1v) is 12.0. The maximum atomic E-state index is 15.5. The quantitative estimate of drug-likeness (QED) is 0.631. The zero-order chi connectivity index (χ0) is 21.8. The molecule has 1 saturated carbocycles. The normalized spacial score (nSPS) is 18.9. The summed E-state index contributed by atoms with van der Waals surface area (Å²) in [5.41, 5.74) is 1.40. The number of aryl methyl sites for hydroxylation is 1. The van der Waals surface area contributed by atoms with Crippen LogP contribution in [0, 0.1) is 12.7 Å². The van der Waals surface area contributed by atoms with Crippen LogP contribution in [0.5, 0.6) is 0 Å². The molecule has 1 aromatic heterocycles. The SMILES string of the molecule is Cc1ccc(S(=O)(=O)[N+]2(c3cc4c(cc3F)c(=O)ccn4C3CC3)CCNCC2)cc1. The molecule has 0 unspecified atom stereocenters. The van der Waals surface area contributed by atoms with E-state index in [1.165, 1.54) is 12.1 Å². The molecule has 2 heterocycles. The van der Waals surface area contributed by atoms with Gasteiger partial charge in [-0.1, -0.05) is 17.7 Å². The van der Waals surface area contributed by atoms with E-state index in [-0.39, 0.29) is 40.5 Å². The number of sulfonamides is 1. The second-order valence-electron chi connectivity index (χ2n) is 8.51. The lowest BCUT2D eigenvalue weighted by Crippen LogP contribution is -2.63. The van der Waals surface area contributed by atoms with Crippen molar-refractivity contribution >= 4 is 26.6 Å². The highest BCUT2D eigenvalue weighted by molar-refractivity contribution is 7.91. The molecule has 0 spiro atoms. The van der Waals surface area contributed by atoms with Crippen LogP contribution in [0.4, 0.5) is 10.1 Å². The third-order valence-corrected chi connectivity index (χ3v) is 8.80. The number of aromatic nitrogens is 1. The lowest BCUT2D eigenvalue weighted by molar-refractivity contribution is 0.346. The summed E-state index contributed by atoms with van der Waals surface area (Å²) in [6.07, 6.45) is 3.73. The highest BCUT2D eigenvalue weighted by atomic mass is 32.2. The summed E-state index contributed by atoms with van der Waals surface area (Å²) >= 11 is 0. The van der Waals surface area contributed by atoms with Crippen LogP contribution >= 0.6 is 0 Å². The van der Waals surface area contributed by atoms with Crippen molar-refractivity contribution < 1.29 is 12.8 Å². The highest BCUT2D eigenvalue weighted by Crippen LogP contribution is 2.40. The van der Waals surface area contributed by atoms with E-state index >= 15 is 4.39 Å². The minimum Gasteiger partial charge on any atom is -0.344 e. The molecule has 0 bridgehead atoms. The molecule has 3 aromatic rings. The van der Waals surface area contributed by atoms with Gasteiger partial charge in [0.05, 0.1) is 5.52 Å². The highest BCUT2D eigenvalue weighted by Gasteiger charge is 2.48. The Labute approximate surface area is 180 Å². The molecule has 0 amide bonds. The molecule has 2 aliphatic rings. The van der Waals surface area contributed by atoms with Crippen LogP contribution in [0.2, 0.25) is 0 Å². The first-order chi connectivity index (χ1) is 14.8. The Morgan fingerprint density at radius 1 is 1.06 bits per heavy atom. The topological polar surface area (TPSA) is 68.2 Å². The molecule has 2 fully saturated rings. The predicted octanol–water partition coefficient (Wildman–Crippen LogP) is 3.08. The lowest BCUT2D eigenvalue weighted by atomic mass is 10.1. The van der Waals surface area contributed by atoms with Crippen molar-refractivity contribution in [2.24, 2.45) is 0 Å². The van der Waals surface area contributed by atoms with Crippen LogP contribution < -0.4 is 14.6 Å². The van der Waals surface area contributed by atoms with Gasteiger partial charge in [0.25, 0.3) is 0 Å². The van der Waals surface area contributed by atoms with E-state index in [1.807, 2.05) is 11.5 Å². The molecule has 1 aliphatic heterocycles. The van der Waals surface area contributed by atoms with Gasteiger partial charge in [-0.2, -0.15) is 12.3 Å². The summed E-state index contributed by atoms with van der Waals surface area (Å²) in [7, 11) is -3.94. The molecule has 0 radical (unpaired) electrons. The van der Waals surface area contributed by atoms with E-state index in [0.29, 0.717) is 18.6 Å². The molecule has 1 saturated heterocycles. The van der Waals surface area contributed by atoms with Crippen molar-refractivity contribution in [2.45, 2.75) is 30.7 Å². The van der Waals surface area contributed by atoms with Gasteiger partial charge in [0.15, 0.2) is 16.9 Å². The minimum atomic E-state index is -3.94. The number of nitrogens with one attached hydrogen (secondary N) is 1. The fourth-order valence-corrected chi connectivity index (χ4v) is 6.49. The summed E-state index contributed by atoms with van der Waals surface area (Å²) in [6, 6.07) is 11.2. The Balaban J connectivity index is 1.78. The Hall–Kier alpha value is -2.55. The van der Waals surface area contributed by atoms with E-state index < -0.39 is 19.7 Å². The van der Waals surface area contributed by atoms with Crippen molar-refractivity contribution in [3.05, 3.63) is 70.3 Å². The number of quaternary nitrogens is 1. The lowest BCUT2D eigenvalue weighted by Gasteiger charge is -2.39. The third kappa shape index (κ3) is 3.21. The Morgan fingerprint density at radius 3 is 2.39 bits per heavy atom. The van der Waals surface area contributed by atoms with Gasteiger partial charge >= 0.3 is 10.0 Å². The summed E-state index contributed by atoms with van der Waals surface area (Å²) in [5.74, 6) is -0.657. The second kappa shape index (κ2) is 7.25. The molecule has 162 valence electrons. The van der Waals surface area contributed by atoms with Gasteiger partial charge in [0.1, 0.15) is 18.0 Å². The number of hydrogen-bond acceptors (Lipinski definition) is 4. The smallest absolute Gasteiger partial charge is 0.332 e. The summed E-state index contributed by atoms with van der Waals surface area (Å²) in [5, 5.41) is 3.48. The molecule has 5 rings (SSSR count). The molecule has 2 aromatic carbocycles. The van der Waals surface area contributed by atoms with Crippen molar-refractivity contribution in [3.8, 4) is 0 Å². The van der Waals surface area contributed by atoms with Gasteiger partial charge < -0.3 is 9.88 Å². The fourth-order valence-electron chi connectivity index (χ4n) is 4.54. The predicted molar refractivity (Wildman–Crippen MR) is 119 cm³/mol. The van der Waals surface area contributed by atoms with Gasteiger partial charge in [-0.3, -0.25) is 4.79 Å². The monoisotopic (exact) mass is 442 g/mol. The zero-order valence-electron chi connectivity index (χ0n) is 17.3. The second-order valence-corrected chi connectivity index (χ2v) is 10.6. The molecule has 1 aliphatic carbocycles. The third-order valence-electron chi connectivity index (χ3n) is 6.45. The first-order valence-electron chi connectivity index (χ1n) is 10.6. The molecule has 1 N–H and O–H groups in total. The van der Waals surface area contributed by atoms with E-state index in [1.54, 1.807) is 36.5 Å². The van der Waals surface area contributed by atoms with Crippen molar-refractivity contribution in [2.75, 3.05) is 26.2 Å². The summed E-state index contributed by atoms with van der Waals surface area (Å²) in [6.45, 7) is 3.21. The van der Waals surface area contributed by atoms with Crippen LogP contribution in [0.25, 0.3) is 10.9 Å². The fraction of sp³-hybridized carbons (Fsp3) is 0.348. The average molecular weight is 443 g/mol. The maximum absolute atomic E-state index is 15.5. The molecule has 6 nitrogen and oxygen atoms in total. The Bertz CT molecular complexity index is 1320. The molecular formula is C23H25FN3O3S+. The maximum Gasteiger partial charge on any atom is 0.332 e. The van der Waals surface area contributed by atoms with E-state index in [2.05, 4.69) is 5.32 Å². The molecule has 31 heavy (non-hydrogen) atoms. The summed E-state index contributed by atoms with van der Waals surface area (Å²) in [4.78, 5) is 12.6. The molecule has 0 atom stereocenters. The minimum absolute atomic E-state index is 0.106. The molecular weight excluding hydrogens is 417 g/mol. The van der Waals surface area contributed by atoms with Gasteiger partial charge in [0.2, 0.25) is 0 Å². The number of benzene rings is 2. The van der Waals surface area contributed by atoms with Crippen LogP contribution in [0.1, 0.15) is 24.4 Å². The number of pyridine rings is 1. The van der Waals surface area contributed by atoms with Crippen molar-refractivity contribution in [1.82, 2.24) is 13.8 Å². The molecule has 8 heteroatoms. The van der Waals surface area contributed by atoms with Crippen molar-refractivity contribution in [3.63, 3.8) is 0 Å². The van der Waals surface area contributed by atoms with Crippen molar-refractivity contribution in [1.29, 1.82) is 0 Å². The van der Waals surface area contributed by atoms with Crippen LogP contribution in [-0.2, 0) is 10.0 Å². The number of rotatable bonds is 4. The Kier molecular flexibility index (Phi) is 4.76. The first kappa shape index (κ1) is 20.4. The average Bonchev–Trinajstić information content (AvgIpc) is 3.60. The van der Waals surface area contributed by atoms with Gasteiger partial charge in [-0.05, 0) is 38.0 Å². The largest absolute Gasteiger partial charge is 0.344 e. The van der Waals surface area contributed by atoms with Gasteiger partial charge in [-0.25, -0.2) is 4.39 Å². The van der Waals surface area contributed by atoms with Crippen LogP contribution in [0.15, 0.2) is 58.4 Å². The number of hydrogen-bond donors (Lipinski definition) is 1. The zero-order valence-corrected chi connectivity index (χ0v) is 18.2. The van der Waals surface area contributed by atoms with Gasteiger partial charge in [-0.15, -0.1) is 0 Å². The van der Waals surface area contributed by atoms with Crippen LogP contribution in [-0.4, -0.2) is 39.2 Å². The summed E-state index contributed by atoms with van der Waals surface area (Å²) < 4.78 is 44.9. The number of piperazine rings is 1. The Morgan fingerprint density at radius 2 is 1.74 bits per heavy atom. The van der Waals surface area contributed by atoms with E-state index in [4.69, 9.17) is 0 Å². The van der Waals surface area contributed by atoms with E-state index in [9.17, 15) is 13.2 Å².